The largest absolute Gasteiger partial charge is 0.481 e. The van der Waals surface area contributed by atoms with E-state index in [0.717, 1.165) is 46.9 Å². The number of hydrogen-bond donors (Lipinski definition) is 1. The summed E-state index contributed by atoms with van der Waals surface area (Å²) < 4.78 is 32.6. The first-order chi connectivity index (χ1) is 17.4. The van der Waals surface area contributed by atoms with E-state index in [4.69, 9.17) is 4.74 Å². The topological polar surface area (TPSA) is 64.1 Å². The van der Waals surface area contributed by atoms with Gasteiger partial charge in [0.15, 0.2) is 0 Å². The lowest BCUT2D eigenvalue weighted by Gasteiger charge is -2.15. The Kier molecular flexibility index (Phi) is 7.13. The monoisotopic (exact) mass is 501 g/mol. The average Bonchev–Trinajstić information content (AvgIpc) is 3.24. The van der Waals surface area contributed by atoms with Gasteiger partial charge in [-0.25, -0.2) is 13.8 Å². The van der Waals surface area contributed by atoms with Gasteiger partial charge in [0.2, 0.25) is 11.8 Å². The highest BCUT2D eigenvalue weighted by Crippen LogP contribution is 2.34. The van der Waals surface area contributed by atoms with E-state index in [1.54, 1.807) is 0 Å². The van der Waals surface area contributed by atoms with Crippen molar-refractivity contribution in [2.75, 3.05) is 12.4 Å². The number of nitrogens with zero attached hydrogens (tertiary/aromatic N) is 2. The maximum Gasteiger partial charge on any atom is 0.275 e. The third-order valence-corrected chi connectivity index (χ3v) is 5.74. The maximum absolute atomic E-state index is 13.9. The molecule has 0 aliphatic heterocycles. The van der Waals surface area contributed by atoms with Crippen molar-refractivity contribution in [1.29, 1.82) is 0 Å². The number of carbonyl (C=O) groups is 1. The highest BCUT2D eigenvalue weighted by Gasteiger charge is 2.30. The van der Waals surface area contributed by atoms with Gasteiger partial charge in [-0.2, -0.15) is 0 Å². The molecule has 1 aliphatic rings. The minimum Gasteiger partial charge on any atom is -0.481 e. The second kappa shape index (κ2) is 10.1. The van der Waals surface area contributed by atoms with Crippen LogP contribution in [0.15, 0.2) is 54.4 Å². The lowest BCUT2D eigenvalue weighted by atomic mass is 9.97. The second-order valence-corrected chi connectivity index (χ2v) is 10.2. The van der Waals surface area contributed by atoms with Gasteiger partial charge in [0.05, 0.1) is 36.7 Å². The van der Waals surface area contributed by atoms with Crippen LogP contribution in [-0.4, -0.2) is 23.0 Å². The summed E-state index contributed by atoms with van der Waals surface area (Å²) in [5.74, 6) is 2.88. The van der Waals surface area contributed by atoms with Crippen molar-refractivity contribution >= 4 is 17.7 Å². The molecule has 0 spiro atoms. The van der Waals surface area contributed by atoms with Crippen molar-refractivity contribution in [3.63, 3.8) is 0 Å². The number of halogens is 2. The molecule has 4 rings (SSSR count). The summed E-state index contributed by atoms with van der Waals surface area (Å²) in [7, 11) is 1.27. The number of nitrogens with one attached hydrogen (secondary N) is 1. The first-order valence-electron chi connectivity index (χ1n) is 12.0. The molecule has 1 aliphatic carbocycles. The number of rotatable bonds is 6. The van der Waals surface area contributed by atoms with Crippen LogP contribution in [0.1, 0.15) is 50.1 Å². The number of aromatic nitrogens is 2. The number of fused-ring (bicyclic) bond motifs is 1. The molecule has 0 saturated heterocycles. The molecule has 0 radical (unpaired) electrons. The summed E-state index contributed by atoms with van der Waals surface area (Å²) in [5, 5.41) is 2.63. The van der Waals surface area contributed by atoms with Crippen molar-refractivity contribution in [3.05, 3.63) is 76.7 Å². The van der Waals surface area contributed by atoms with Gasteiger partial charge in [-0.05, 0) is 55.7 Å². The SMILES string of the molecule is COc1ncc(NC(=O)Cc2ccc(-c3cnc4c(c3)C=C(C#CC(C)(C)C)C4)cc2)cc1C(C)(F)F. The van der Waals surface area contributed by atoms with Gasteiger partial charge in [-0.3, -0.25) is 9.78 Å². The molecule has 1 N–H and O–H groups in total. The molecule has 2 aromatic heterocycles. The van der Waals surface area contributed by atoms with Crippen molar-refractivity contribution in [2.24, 2.45) is 5.41 Å². The molecule has 0 atom stereocenters. The quantitative estimate of drug-likeness (QED) is 0.395. The smallest absolute Gasteiger partial charge is 0.275 e. The first-order valence-corrected chi connectivity index (χ1v) is 12.0. The van der Waals surface area contributed by atoms with Gasteiger partial charge >= 0.3 is 0 Å². The molecule has 1 amide bonds. The number of ether oxygens (including phenoxy) is 1. The van der Waals surface area contributed by atoms with E-state index >= 15 is 0 Å². The normalized spacial score (nSPS) is 12.8. The number of benzene rings is 1. The van der Waals surface area contributed by atoms with Gasteiger partial charge in [0, 0.05) is 36.1 Å². The zero-order valence-corrected chi connectivity index (χ0v) is 21.6. The molecule has 1 aromatic carbocycles. The molecule has 190 valence electrons. The van der Waals surface area contributed by atoms with Crippen molar-refractivity contribution in [2.45, 2.75) is 46.5 Å². The molecule has 7 heteroatoms. The third kappa shape index (κ3) is 6.59. The van der Waals surface area contributed by atoms with E-state index < -0.39 is 5.92 Å². The van der Waals surface area contributed by atoms with E-state index in [2.05, 4.69) is 60.0 Å². The van der Waals surface area contributed by atoms with E-state index in [9.17, 15) is 13.6 Å². The van der Waals surface area contributed by atoms with Gasteiger partial charge in [0.25, 0.3) is 5.92 Å². The maximum atomic E-state index is 13.9. The Balaban J connectivity index is 1.43. The summed E-state index contributed by atoms with van der Waals surface area (Å²) in [4.78, 5) is 21.1. The van der Waals surface area contributed by atoms with E-state index in [-0.39, 0.29) is 34.9 Å². The number of pyridine rings is 2. The number of carbonyl (C=O) groups excluding carboxylic acids is 1. The summed E-state index contributed by atoms with van der Waals surface area (Å²) >= 11 is 0. The summed E-state index contributed by atoms with van der Waals surface area (Å²) in [6, 6.07) is 10.9. The van der Waals surface area contributed by atoms with Gasteiger partial charge in [-0.15, -0.1) is 0 Å². The fourth-order valence-electron chi connectivity index (χ4n) is 3.91. The van der Waals surface area contributed by atoms with Crippen LogP contribution in [0.25, 0.3) is 17.2 Å². The standard InChI is InChI=1S/C30H29F2N3O2/c1-29(2,3)11-10-20-12-22-15-23(17-33-26(22)13-20)21-8-6-19(7-9-21)14-27(36)35-24-16-25(30(4,31)32)28(37-5)34-18-24/h6-9,12,15-18H,13-14H2,1-5H3,(H,35,36). The predicted octanol–water partition coefficient (Wildman–Crippen LogP) is 6.43. The van der Waals surface area contributed by atoms with Gasteiger partial charge in [-0.1, -0.05) is 36.1 Å². The lowest BCUT2D eigenvalue weighted by Crippen LogP contribution is -2.16. The van der Waals surface area contributed by atoms with Crippen LogP contribution >= 0.6 is 0 Å². The van der Waals surface area contributed by atoms with E-state index in [1.165, 1.54) is 19.4 Å². The molecular weight excluding hydrogens is 472 g/mol. The molecule has 0 saturated carbocycles. The van der Waals surface area contributed by atoms with E-state index in [1.807, 2.05) is 30.5 Å². The van der Waals surface area contributed by atoms with E-state index in [0.29, 0.717) is 0 Å². The van der Waals surface area contributed by atoms with Crippen molar-refractivity contribution in [3.8, 4) is 28.8 Å². The number of alkyl halides is 2. The number of anilines is 1. The molecular formula is C30H29F2N3O2. The number of allylic oxidation sites excluding steroid dienone is 1. The Labute approximate surface area is 216 Å². The minimum absolute atomic E-state index is 0.0501. The minimum atomic E-state index is -3.15. The molecule has 3 aromatic rings. The fraction of sp³-hybridized carbons (Fsp3) is 0.300. The van der Waals surface area contributed by atoms with Crippen LogP contribution in [0, 0.1) is 17.3 Å². The second-order valence-electron chi connectivity index (χ2n) is 10.2. The number of hydrogen-bond acceptors (Lipinski definition) is 4. The summed E-state index contributed by atoms with van der Waals surface area (Å²) in [6.07, 6.45) is 6.08. The van der Waals surface area contributed by atoms with Gasteiger partial charge < -0.3 is 10.1 Å². The van der Waals surface area contributed by atoms with Crippen LogP contribution in [0.4, 0.5) is 14.5 Å². The summed E-state index contributed by atoms with van der Waals surface area (Å²) in [5.41, 5.74) is 5.66. The Morgan fingerprint density at radius 3 is 2.43 bits per heavy atom. The Bertz CT molecular complexity index is 1420. The molecule has 0 unspecified atom stereocenters. The lowest BCUT2D eigenvalue weighted by molar-refractivity contribution is -0.115. The Morgan fingerprint density at radius 1 is 1.05 bits per heavy atom. The summed E-state index contributed by atoms with van der Waals surface area (Å²) in [6.45, 7) is 7.02. The predicted molar refractivity (Wildman–Crippen MR) is 141 cm³/mol. The van der Waals surface area contributed by atoms with Crippen LogP contribution < -0.4 is 10.1 Å². The zero-order valence-electron chi connectivity index (χ0n) is 21.6. The van der Waals surface area contributed by atoms with Crippen LogP contribution in [0.5, 0.6) is 5.88 Å². The van der Waals surface area contributed by atoms with Crippen LogP contribution in [-0.2, 0) is 23.6 Å². The highest BCUT2D eigenvalue weighted by atomic mass is 19.3. The third-order valence-electron chi connectivity index (χ3n) is 5.74. The molecule has 5 nitrogen and oxygen atoms in total. The van der Waals surface area contributed by atoms with Gasteiger partial charge in [0.1, 0.15) is 0 Å². The highest BCUT2D eigenvalue weighted by molar-refractivity contribution is 5.92. The Morgan fingerprint density at radius 2 is 1.78 bits per heavy atom. The average molecular weight is 502 g/mol. The molecule has 2 heterocycles. The number of methoxy groups -OCH3 is 1. The number of amides is 1. The van der Waals surface area contributed by atoms with Crippen LogP contribution in [0.2, 0.25) is 0 Å². The van der Waals surface area contributed by atoms with Crippen LogP contribution in [0.3, 0.4) is 0 Å². The molecule has 0 bridgehead atoms. The Hall–Kier alpha value is -4.05. The first kappa shape index (κ1) is 26.0. The fourth-order valence-corrected chi connectivity index (χ4v) is 3.91. The van der Waals surface area contributed by atoms with Crippen molar-refractivity contribution in [1.82, 2.24) is 9.97 Å². The zero-order chi connectivity index (χ0) is 26.8. The van der Waals surface area contributed by atoms with Crippen molar-refractivity contribution < 1.29 is 18.3 Å². The molecule has 0 fully saturated rings. The molecule has 37 heavy (non-hydrogen) atoms.